The lowest BCUT2D eigenvalue weighted by molar-refractivity contribution is 0.675. The van der Waals surface area contributed by atoms with Gasteiger partial charge in [0.25, 0.3) is 0 Å². The second kappa shape index (κ2) is 5.88. The monoisotopic (exact) mass is 305 g/mol. The summed E-state index contributed by atoms with van der Waals surface area (Å²) in [7, 11) is 0. The van der Waals surface area contributed by atoms with Crippen molar-refractivity contribution in [2.24, 2.45) is 11.8 Å². The van der Waals surface area contributed by atoms with Gasteiger partial charge in [-0.1, -0.05) is 6.92 Å². The maximum Gasteiger partial charge on any atom is 0.185 e. The van der Waals surface area contributed by atoms with Gasteiger partial charge in [0.2, 0.25) is 0 Å². The molecule has 1 aromatic rings. The molecule has 3 aliphatic rings. The quantitative estimate of drug-likeness (QED) is 0.756. The number of hydrogen-bond acceptors (Lipinski definition) is 4. The van der Waals surface area contributed by atoms with Gasteiger partial charge in [-0.2, -0.15) is 0 Å². The van der Waals surface area contributed by atoms with Gasteiger partial charge in [-0.15, -0.1) is 11.3 Å². The topological polar surface area (TPSA) is 28.2 Å². The van der Waals surface area contributed by atoms with E-state index in [9.17, 15) is 0 Å². The van der Waals surface area contributed by atoms with Crippen LogP contribution in [0, 0.1) is 11.8 Å². The van der Waals surface area contributed by atoms with Crippen molar-refractivity contribution >= 4 is 16.5 Å². The summed E-state index contributed by atoms with van der Waals surface area (Å²) >= 11 is 1.95. The summed E-state index contributed by atoms with van der Waals surface area (Å²) in [6.07, 6.45) is 9.53. The molecule has 21 heavy (non-hydrogen) atoms. The number of aromatic nitrogens is 1. The van der Waals surface area contributed by atoms with Crippen LogP contribution in [-0.4, -0.2) is 24.1 Å². The van der Waals surface area contributed by atoms with Crippen LogP contribution >= 0.6 is 11.3 Å². The molecule has 4 rings (SSSR count). The Morgan fingerprint density at radius 3 is 2.29 bits per heavy atom. The van der Waals surface area contributed by atoms with Crippen molar-refractivity contribution in [1.82, 2.24) is 10.3 Å². The number of rotatable bonds is 9. The predicted octanol–water partition coefficient (Wildman–Crippen LogP) is 3.58. The number of thiazole rings is 1. The first kappa shape index (κ1) is 14.0. The molecule has 0 aromatic carbocycles. The van der Waals surface area contributed by atoms with Gasteiger partial charge in [-0.3, -0.25) is 0 Å². The van der Waals surface area contributed by atoms with E-state index in [0.717, 1.165) is 30.8 Å². The van der Waals surface area contributed by atoms with E-state index in [1.54, 1.807) is 0 Å². The van der Waals surface area contributed by atoms with Crippen LogP contribution in [0.15, 0.2) is 0 Å². The molecule has 116 valence electrons. The van der Waals surface area contributed by atoms with Crippen LogP contribution in [0.5, 0.6) is 0 Å². The van der Waals surface area contributed by atoms with Crippen molar-refractivity contribution in [1.29, 1.82) is 0 Å². The molecule has 0 unspecified atom stereocenters. The fourth-order valence-electron chi connectivity index (χ4n) is 2.90. The van der Waals surface area contributed by atoms with Crippen molar-refractivity contribution in [3.63, 3.8) is 0 Å². The Labute approximate surface area is 132 Å². The second-order valence-electron chi connectivity index (χ2n) is 7.17. The standard InChI is InChI=1S/C17H27N3S/c1-2-15-16(9-18-14-7-8-14)21-17(19-15)20(10-12-3-4-12)11-13-5-6-13/h12-14,18H,2-11H2,1H3. The van der Waals surface area contributed by atoms with Crippen molar-refractivity contribution < 1.29 is 0 Å². The number of anilines is 1. The Bertz CT molecular complexity index is 472. The van der Waals surface area contributed by atoms with Gasteiger partial charge in [-0.05, 0) is 56.8 Å². The summed E-state index contributed by atoms with van der Waals surface area (Å²) in [5, 5.41) is 4.96. The van der Waals surface area contributed by atoms with E-state index < -0.39 is 0 Å². The van der Waals surface area contributed by atoms with E-state index in [2.05, 4.69) is 17.1 Å². The lowest BCUT2D eigenvalue weighted by Gasteiger charge is -2.21. The van der Waals surface area contributed by atoms with Crippen molar-refractivity contribution in [2.45, 2.75) is 64.5 Å². The van der Waals surface area contributed by atoms with E-state index in [4.69, 9.17) is 4.98 Å². The predicted molar refractivity (Wildman–Crippen MR) is 89.0 cm³/mol. The van der Waals surface area contributed by atoms with Crippen LogP contribution in [0.25, 0.3) is 0 Å². The molecule has 0 aliphatic heterocycles. The molecular weight excluding hydrogens is 278 g/mol. The SMILES string of the molecule is CCc1nc(N(CC2CC2)CC2CC2)sc1CNC1CC1. The number of aryl methyl sites for hydroxylation is 1. The minimum atomic E-state index is 0.786. The summed E-state index contributed by atoms with van der Waals surface area (Å²) < 4.78 is 0. The first-order valence-corrected chi connectivity index (χ1v) is 9.60. The maximum atomic E-state index is 4.99. The second-order valence-corrected chi connectivity index (χ2v) is 8.23. The third kappa shape index (κ3) is 3.78. The van der Waals surface area contributed by atoms with Gasteiger partial charge in [-0.25, -0.2) is 4.98 Å². The molecule has 0 spiro atoms. The summed E-state index contributed by atoms with van der Waals surface area (Å²) in [6, 6.07) is 0.786. The van der Waals surface area contributed by atoms with Crippen LogP contribution in [-0.2, 0) is 13.0 Å². The molecule has 1 heterocycles. The molecule has 0 saturated heterocycles. The summed E-state index contributed by atoms with van der Waals surface area (Å²) in [5.41, 5.74) is 1.33. The molecule has 3 saturated carbocycles. The summed E-state index contributed by atoms with van der Waals surface area (Å²) in [4.78, 5) is 9.09. The van der Waals surface area contributed by atoms with Gasteiger partial charge in [0.15, 0.2) is 5.13 Å². The molecule has 1 N–H and O–H groups in total. The largest absolute Gasteiger partial charge is 0.348 e. The first-order chi connectivity index (χ1) is 10.3. The van der Waals surface area contributed by atoms with Crippen molar-refractivity contribution in [3.05, 3.63) is 10.6 Å². The Kier molecular flexibility index (Phi) is 3.92. The fraction of sp³-hybridized carbons (Fsp3) is 0.824. The highest BCUT2D eigenvalue weighted by Gasteiger charge is 2.31. The molecule has 3 nitrogen and oxygen atoms in total. The minimum Gasteiger partial charge on any atom is -0.348 e. The van der Waals surface area contributed by atoms with Gasteiger partial charge >= 0.3 is 0 Å². The molecule has 0 radical (unpaired) electrons. The average molecular weight is 305 g/mol. The molecule has 1 aromatic heterocycles. The molecule has 0 bridgehead atoms. The highest BCUT2D eigenvalue weighted by Crippen LogP contribution is 2.37. The van der Waals surface area contributed by atoms with Gasteiger partial charge in [0.05, 0.1) is 5.69 Å². The fourth-order valence-corrected chi connectivity index (χ4v) is 4.02. The van der Waals surface area contributed by atoms with Crippen LogP contribution in [0.1, 0.15) is 56.0 Å². The summed E-state index contributed by atoms with van der Waals surface area (Å²) in [5.74, 6) is 1.90. The highest BCUT2D eigenvalue weighted by atomic mass is 32.1. The third-order valence-electron chi connectivity index (χ3n) is 4.85. The maximum absolute atomic E-state index is 4.99. The molecule has 3 fully saturated rings. The number of nitrogens with zero attached hydrogens (tertiary/aromatic N) is 2. The van der Waals surface area contributed by atoms with E-state index in [1.165, 1.54) is 67.3 Å². The zero-order valence-electron chi connectivity index (χ0n) is 13.1. The molecule has 0 amide bonds. The molecule has 0 atom stereocenters. The lowest BCUT2D eigenvalue weighted by Crippen LogP contribution is -2.27. The summed E-state index contributed by atoms with van der Waals surface area (Å²) in [6.45, 7) is 5.78. The van der Waals surface area contributed by atoms with E-state index >= 15 is 0 Å². The van der Waals surface area contributed by atoms with Crippen LogP contribution in [0.3, 0.4) is 0 Å². The van der Waals surface area contributed by atoms with Crippen LogP contribution in [0.2, 0.25) is 0 Å². The van der Waals surface area contributed by atoms with E-state index in [0.29, 0.717) is 0 Å². The van der Waals surface area contributed by atoms with Crippen LogP contribution < -0.4 is 10.2 Å². The van der Waals surface area contributed by atoms with Crippen molar-refractivity contribution in [2.75, 3.05) is 18.0 Å². The molecule has 3 aliphatic carbocycles. The van der Waals surface area contributed by atoms with Crippen LogP contribution in [0.4, 0.5) is 5.13 Å². The van der Waals surface area contributed by atoms with Crippen molar-refractivity contribution in [3.8, 4) is 0 Å². The van der Waals surface area contributed by atoms with Gasteiger partial charge < -0.3 is 10.2 Å². The smallest absolute Gasteiger partial charge is 0.185 e. The minimum absolute atomic E-state index is 0.786. The Balaban J connectivity index is 1.46. The van der Waals surface area contributed by atoms with E-state index in [1.807, 2.05) is 11.3 Å². The average Bonchev–Trinajstić information content (AvgIpc) is 3.30. The zero-order valence-corrected chi connectivity index (χ0v) is 13.9. The Morgan fingerprint density at radius 2 is 1.76 bits per heavy atom. The van der Waals surface area contributed by atoms with Gasteiger partial charge in [0.1, 0.15) is 0 Å². The molecular formula is C17H27N3S. The van der Waals surface area contributed by atoms with Gasteiger partial charge in [0, 0.05) is 30.6 Å². The number of hydrogen-bond donors (Lipinski definition) is 1. The Morgan fingerprint density at radius 1 is 1.10 bits per heavy atom. The highest BCUT2D eigenvalue weighted by molar-refractivity contribution is 7.15. The van der Waals surface area contributed by atoms with E-state index in [-0.39, 0.29) is 0 Å². The first-order valence-electron chi connectivity index (χ1n) is 8.78. The normalized spacial score (nSPS) is 21.8. The number of nitrogens with one attached hydrogen (secondary N) is 1. The molecule has 4 heteroatoms. The third-order valence-corrected chi connectivity index (χ3v) is 6.01. The Hall–Kier alpha value is -0.610. The zero-order chi connectivity index (χ0) is 14.2. The lowest BCUT2D eigenvalue weighted by atomic mass is 10.3.